The largest absolute Gasteiger partial charge is 0.408 e. The molecule has 16 heavy (non-hydrogen) atoms. The van der Waals surface area contributed by atoms with Crippen LogP contribution in [0.25, 0.3) is 11.5 Å². The molecule has 2 rings (SSSR count). The molecule has 0 aliphatic heterocycles. The van der Waals surface area contributed by atoms with E-state index in [1.807, 2.05) is 19.1 Å². The van der Waals surface area contributed by atoms with Crippen LogP contribution >= 0.6 is 0 Å². The van der Waals surface area contributed by atoms with E-state index in [-0.39, 0.29) is 11.1 Å². The maximum Gasteiger partial charge on any atom is 0.335 e. The zero-order valence-electron chi connectivity index (χ0n) is 8.84. The fourth-order valence-corrected chi connectivity index (χ4v) is 1.59. The monoisotopic (exact) mass is 238 g/mol. The van der Waals surface area contributed by atoms with E-state index in [1.165, 1.54) is 0 Å². The Morgan fingerprint density at radius 1 is 1.12 bits per heavy atom. The molecule has 0 aliphatic carbocycles. The van der Waals surface area contributed by atoms with Crippen LogP contribution in [0.1, 0.15) is 5.56 Å². The topological polar surface area (TPSA) is 73.1 Å². The van der Waals surface area contributed by atoms with Crippen molar-refractivity contribution in [2.75, 3.05) is 6.26 Å². The molecule has 5 nitrogen and oxygen atoms in total. The van der Waals surface area contributed by atoms with Crippen LogP contribution in [0.5, 0.6) is 0 Å². The van der Waals surface area contributed by atoms with Crippen LogP contribution in [0.15, 0.2) is 33.9 Å². The molecule has 0 aliphatic rings. The molecule has 2 aromatic rings. The number of rotatable bonds is 2. The van der Waals surface area contributed by atoms with Gasteiger partial charge in [0, 0.05) is 11.8 Å². The summed E-state index contributed by atoms with van der Waals surface area (Å²) < 4.78 is 27.3. The Morgan fingerprint density at radius 3 is 2.25 bits per heavy atom. The Kier molecular flexibility index (Phi) is 2.51. The quantitative estimate of drug-likeness (QED) is 0.791. The van der Waals surface area contributed by atoms with Gasteiger partial charge in [0.2, 0.25) is 15.7 Å². The Labute approximate surface area is 93.0 Å². The maximum atomic E-state index is 11.1. The third-order valence-corrected chi connectivity index (χ3v) is 2.82. The van der Waals surface area contributed by atoms with Crippen LogP contribution in [0, 0.1) is 6.92 Å². The molecule has 0 saturated heterocycles. The summed E-state index contributed by atoms with van der Waals surface area (Å²) in [7, 11) is -3.44. The van der Waals surface area contributed by atoms with Crippen LogP contribution in [-0.4, -0.2) is 24.9 Å². The molecule has 0 unspecified atom stereocenters. The van der Waals surface area contributed by atoms with E-state index < -0.39 is 9.84 Å². The molecule has 0 N–H and O–H groups in total. The van der Waals surface area contributed by atoms with Crippen molar-refractivity contribution in [3.8, 4) is 11.5 Å². The van der Waals surface area contributed by atoms with Gasteiger partial charge in [-0.3, -0.25) is 0 Å². The molecule has 0 atom stereocenters. The number of aryl methyl sites for hydroxylation is 1. The minimum absolute atomic E-state index is 0.209. The molecule has 0 saturated carbocycles. The average Bonchev–Trinajstić information content (AvgIpc) is 2.67. The number of benzene rings is 1. The summed E-state index contributed by atoms with van der Waals surface area (Å²) in [6.45, 7) is 1.96. The van der Waals surface area contributed by atoms with Crippen LogP contribution in [0.3, 0.4) is 0 Å². The van der Waals surface area contributed by atoms with Crippen LogP contribution in [0.4, 0.5) is 0 Å². The van der Waals surface area contributed by atoms with E-state index >= 15 is 0 Å². The van der Waals surface area contributed by atoms with Gasteiger partial charge < -0.3 is 4.42 Å². The highest BCUT2D eigenvalue weighted by atomic mass is 32.2. The Hall–Kier alpha value is -1.69. The van der Waals surface area contributed by atoms with E-state index in [4.69, 9.17) is 4.42 Å². The smallest absolute Gasteiger partial charge is 0.335 e. The minimum atomic E-state index is -3.44. The summed E-state index contributed by atoms with van der Waals surface area (Å²) in [5.41, 5.74) is 1.81. The van der Waals surface area contributed by atoms with Gasteiger partial charge in [0.15, 0.2) is 0 Å². The second-order valence-corrected chi connectivity index (χ2v) is 5.40. The van der Waals surface area contributed by atoms with Gasteiger partial charge in [0.1, 0.15) is 0 Å². The second kappa shape index (κ2) is 3.71. The number of aromatic nitrogens is 2. The van der Waals surface area contributed by atoms with Crippen molar-refractivity contribution in [2.24, 2.45) is 0 Å². The van der Waals surface area contributed by atoms with Gasteiger partial charge in [-0.25, -0.2) is 8.42 Å². The van der Waals surface area contributed by atoms with Crippen molar-refractivity contribution < 1.29 is 12.8 Å². The molecule has 1 heterocycles. The van der Waals surface area contributed by atoms with Crippen molar-refractivity contribution in [1.29, 1.82) is 0 Å². The molecule has 0 spiro atoms. The predicted octanol–water partition coefficient (Wildman–Crippen LogP) is 1.45. The third-order valence-electron chi connectivity index (χ3n) is 2.02. The van der Waals surface area contributed by atoms with Crippen LogP contribution in [-0.2, 0) is 9.84 Å². The average molecular weight is 238 g/mol. The minimum Gasteiger partial charge on any atom is -0.408 e. The van der Waals surface area contributed by atoms with Gasteiger partial charge in [-0.15, -0.1) is 5.10 Å². The lowest BCUT2D eigenvalue weighted by atomic mass is 10.1. The van der Waals surface area contributed by atoms with Crippen molar-refractivity contribution in [3.63, 3.8) is 0 Å². The summed E-state index contributed by atoms with van der Waals surface area (Å²) in [5, 5.41) is 6.81. The first-order valence-corrected chi connectivity index (χ1v) is 6.46. The first-order chi connectivity index (χ1) is 7.47. The highest BCUT2D eigenvalue weighted by molar-refractivity contribution is 7.90. The Morgan fingerprint density at radius 2 is 1.75 bits per heavy atom. The van der Waals surface area contributed by atoms with Gasteiger partial charge in [0.05, 0.1) is 0 Å². The highest BCUT2D eigenvalue weighted by Gasteiger charge is 2.17. The van der Waals surface area contributed by atoms with Crippen LogP contribution < -0.4 is 0 Å². The Balaban J connectivity index is 2.43. The molecule has 84 valence electrons. The van der Waals surface area contributed by atoms with Crippen LogP contribution in [0.2, 0.25) is 0 Å². The normalized spacial score (nSPS) is 11.6. The zero-order chi connectivity index (χ0) is 11.8. The van der Waals surface area contributed by atoms with E-state index in [1.54, 1.807) is 12.1 Å². The van der Waals surface area contributed by atoms with Gasteiger partial charge in [-0.2, -0.15) is 0 Å². The van der Waals surface area contributed by atoms with Gasteiger partial charge >= 0.3 is 5.22 Å². The van der Waals surface area contributed by atoms with E-state index in [9.17, 15) is 8.42 Å². The SMILES string of the molecule is Cc1ccc(-c2nnc(S(C)(=O)=O)o2)cc1. The van der Waals surface area contributed by atoms with Crippen molar-refractivity contribution in [2.45, 2.75) is 12.1 Å². The molecular formula is C10H10N2O3S. The summed E-state index contributed by atoms with van der Waals surface area (Å²) in [6, 6.07) is 7.38. The van der Waals surface area contributed by atoms with E-state index in [2.05, 4.69) is 10.2 Å². The lowest BCUT2D eigenvalue weighted by molar-refractivity contribution is 0.442. The maximum absolute atomic E-state index is 11.1. The molecule has 0 fully saturated rings. The molecule has 6 heteroatoms. The van der Waals surface area contributed by atoms with Crippen molar-refractivity contribution >= 4 is 9.84 Å². The molecule has 1 aromatic carbocycles. The van der Waals surface area contributed by atoms with Crippen molar-refractivity contribution in [3.05, 3.63) is 29.8 Å². The molecule has 0 bridgehead atoms. The lowest BCUT2D eigenvalue weighted by Gasteiger charge is -1.94. The molecule has 1 aromatic heterocycles. The van der Waals surface area contributed by atoms with E-state index in [0.29, 0.717) is 5.56 Å². The zero-order valence-corrected chi connectivity index (χ0v) is 9.65. The summed E-state index contributed by atoms with van der Waals surface area (Å²) >= 11 is 0. The number of hydrogen-bond acceptors (Lipinski definition) is 5. The Bertz CT molecular complexity index is 599. The fourth-order valence-electron chi connectivity index (χ4n) is 1.17. The first kappa shape index (κ1) is 10.8. The first-order valence-electron chi connectivity index (χ1n) is 4.57. The van der Waals surface area contributed by atoms with Gasteiger partial charge in [-0.05, 0) is 19.1 Å². The molecule has 0 radical (unpaired) electrons. The predicted molar refractivity (Wildman–Crippen MR) is 57.6 cm³/mol. The summed E-state index contributed by atoms with van der Waals surface area (Å²) in [6.07, 6.45) is 1.03. The summed E-state index contributed by atoms with van der Waals surface area (Å²) in [4.78, 5) is 0. The fraction of sp³-hybridized carbons (Fsp3) is 0.200. The number of hydrogen-bond donors (Lipinski definition) is 0. The standard InChI is InChI=1S/C10H10N2O3S/c1-7-3-5-8(6-4-7)9-11-12-10(15-9)16(2,13)14/h3-6H,1-2H3. The van der Waals surface area contributed by atoms with Gasteiger partial charge in [0.25, 0.3) is 0 Å². The lowest BCUT2D eigenvalue weighted by Crippen LogP contribution is -1.96. The summed E-state index contributed by atoms with van der Waals surface area (Å²) in [5.74, 6) is 0.209. The molecule has 0 amide bonds. The van der Waals surface area contributed by atoms with Gasteiger partial charge in [-0.1, -0.05) is 22.8 Å². The van der Waals surface area contributed by atoms with E-state index in [0.717, 1.165) is 11.8 Å². The number of nitrogens with zero attached hydrogens (tertiary/aromatic N) is 2. The third kappa shape index (κ3) is 2.11. The number of sulfone groups is 1. The second-order valence-electron chi connectivity index (χ2n) is 3.51. The van der Waals surface area contributed by atoms with Crippen molar-refractivity contribution in [1.82, 2.24) is 10.2 Å². The highest BCUT2D eigenvalue weighted by Crippen LogP contribution is 2.19. The molecular weight excluding hydrogens is 228 g/mol.